The van der Waals surface area contributed by atoms with Crippen LogP contribution in [0, 0.1) is 6.92 Å². The number of aromatic nitrogens is 2. The highest BCUT2D eigenvalue weighted by Crippen LogP contribution is 2.16. The Bertz CT molecular complexity index is 844. The summed E-state index contributed by atoms with van der Waals surface area (Å²) < 4.78 is 24.7. The molecule has 0 atom stereocenters. The molecule has 1 N–H and O–H groups in total. The summed E-state index contributed by atoms with van der Waals surface area (Å²) in [6.45, 7) is 3.64. The molecule has 1 aromatic heterocycles. The van der Waals surface area contributed by atoms with Crippen molar-refractivity contribution >= 4 is 27.0 Å². The number of rotatable bonds is 2. The van der Waals surface area contributed by atoms with E-state index < -0.39 is 10.0 Å². The molecule has 1 saturated heterocycles. The summed E-state index contributed by atoms with van der Waals surface area (Å²) >= 11 is 0. The molecule has 8 heteroatoms. The number of H-pyrrole nitrogens is 1. The topological polar surface area (TPSA) is 86.4 Å². The number of amides is 1. The van der Waals surface area contributed by atoms with Gasteiger partial charge in [0.25, 0.3) is 5.91 Å². The van der Waals surface area contributed by atoms with E-state index in [2.05, 4.69) is 9.97 Å². The number of aryl methyl sites for hydroxylation is 1. The van der Waals surface area contributed by atoms with Crippen molar-refractivity contribution in [3.05, 3.63) is 29.6 Å². The van der Waals surface area contributed by atoms with E-state index in [0.29, 0.717) is 38.2 Å². The van der Waals surface area contributed by atoms with Crippen molar-refractivity contribution in [1.29, 1.82) is 0 Å². The van der Waals surface area contributed by atoms with Gasteiger partial charge in [-0.05, 0) is 31.5 Å². The molecule has 1 aromatic carbocycles. The maximum atomic E-state index is 12.7. The largest absolute Gasteiger partial charge is 0.342 e. The summed E-state index contributed by atoms with van der Waals surface area (Å²) in [6.07, 6.45) is 1.85. The molecular formula is C15H20N4O3S. The van der Waals surface area contributed by atoms with Gasteiger partial charge in [0, 0.05) is 31.7 Å². The Kier molecular flexibility index (Phi) is 4.11. The van der Waals surface area contributed by atoms with Crippen molar-refractivity contribution in [2.75, 3.05) is 32.4 Å². The highest BCUT2D eigenvalue weighted by molar-refractivity contribution is 7.88. The Balaban J connectivity index is 1.78. The number of nitrogens with one attached hydrogen (secondary N) is 1. The number of carbonyl (C=O) groups excluding carboxylic acids is 1. The van der Waals surface area contributed by atoms with Crippen LogP contribution in [0.5, 0.6) is 0 Å². The molecule has 1 aliphatic heterocycles. The molecule has 0 radical (unpaired) electrons. The van der Waals surface area contributed by atoms with Gasteiger partial charge in [-0.1, -0.05) is 0 Å². The lowest BCUT2D eigenvalue weighted by Gasteiger charge is -2.21. The summed E-state index contributed by atoms with van der Waals surface area (Å²) in [7, 11) is -3.21. The lowest BCUT2D eigenvalue weighted by Crippen LogP contribution is -2.36. The van der Waals surface area contributed by atoms with Crippen LogP contribution in [0.4, 0.5) is 0 Å². The zero-order chi connectivity index (χ0) is 16.6. The Hall–Kier alpha value is -1.93. The second-order valence-electron chi connectivity index (χ2n) is 5.86. The molecule has 1 amide bonds. The predicted octanol–water partition coefficient (Wildman–Crippen LogP) is 0.979. The summed E-state index contributed by atoms with van der Waals surface area (Å²) in [4.78, 5) is 21.9. The van der Waals surface area contributed by atoms with E-state index in [1.807, 2.05) is 13.0 Å². The molecular weight excluding hydrogens is 316 g/mol. The second-order valence-corrected chi connectivity index (χ2v) is 7.84. The van der Waals surface area contributed by atoms with Gasteiger partial charge in [0.05, 0.1) is 17.3 Å². The Morgan fingerprint density at radius 1 is 1.22 bits per heavy atom. The van der Waals surface area contributed by atoms with Crippen LogP contribution >= 0.6 is 0 Å². The van der Waals surface area contributed by atoms with Gasteiger partial charge >= 0.3 is 0 Å². The number of imidazole rings is 1. The third-order valence-electron chi connectivity index (χ3n) is 4.06. The van der Waals surface area contributed by atoms with Crippen molar-refractivity contribution in [1.82, 2.24) is 19.2 Å². The number of hydrogen-bond donors (Lipinski definition) is 1. The molecule has 0 saturated carbocycles. The fourth-order valence-corrected chi connectivity index (χ4v) is 3.76. The first kappa shape index (κ1) is 15.9. The minimum absolute atomic E-state index is 0.0745. The molecule has 1 aliphatic rings. The monoisotopic (exact) mass is 336 g/mol. The van der Waals surface area contributed by atoms with E-state index in [0.717, 1.165) is 16.9 Å². The number of hydrogen-bond acceptors (Lipinski definition) is 4. The van der Waals surface area contributed by atoms with Crippen LogP contribution < -0.4 is 0 Å². The lowest BCUT2D eigenvalue weighted by molar-refractivity contribution is 0.0764. The molecule has 7 nitrogen and oxygen atoms in total. The van der Waals surface area contributed by atoms with Crippen LogP contribution in [0.15, 0.2) is 18.2 Å². The van der Waals surface area contributed by atoms with Gasteiger partial charge < -0.3 is 9.88 Å². The van der Waals surface area contributed by atoms with Crippen LogP contribution in [-0.2, 0) is 10.0 Å². The Morgan fingerprint density at radius 3 is 2.74 bits per heavy atom. The minimum Gasteiger partial charge on any atom is -0.342 e. The van der Waals surface area contributed by atoms with Gasteiger partial charge in [-0.25, -0.2) is 17.7 Å². The predicted molar refractivity (Wildman–Crippen MR) is 87.8 cm³/mol. The third-order valence-corrected chi connectivity index (χ3v) is 5.36. The van der Waals surface area contributed by atoms with E-state index >= 15 is 0 Å². The van der Waals surface area contributed by atoms with Crippen LogP contribution in [0.3, 0.4) is 0 Å². The maximum absolute atomic E-state index is 12.7. The van der Waals surface area contributed by atoms with Gasteiger partial charge in [-0.2, -0.15) is 0 Å². The highest BCUT2D eigenvalue weighted by Gasteiger charge is 2.24. The third kappa shape index (κ3) is 3.37. The average Bonchev–Trinajstić information content (AvgIpc) is 2.70. The van der Waals surface area contributed by atoms with E-state index in [4.69, 9.17) is 0 Å². The molecule has 23 heavy (non-hydrogen) atoms. The van der Waals surface area contributed by atoms with Crippen LogP contribution in [0.25, 0.3) is 11.0 Å². The van der Waals surface area contributed by atoms with Crippen molar-refractivity contribution in [3.8, 4) is 0 Å². The number of nitrogens with zero attached hydrogens (tertiary/aromatic N) is 3. The van der Waals surface area contributed by atoms with Crippen molar-refractivity contribution in [2.24, 2.45) is 0 Å². The van der Waals surface area contributed by atoms with Crippen LogP contribution in [-0.4, -0.2) is 65.9 Å². The number of carbonyl (C=O) groups is 1. The molecule has 0 spiro atoms. The molecule has 0 aliphatic carbocycles. The van der Waals surface area contributed by atoms with Gasteiger partial charge in [0.2, 0.25) is 10.0 Å². The summed E-state index contributed by atoms with van der Waals surface area (Å²) in [6, 6.07) is 5.40. The van der Waals surface area contributed by atoms with Gasteiger partial charge in [-0.3, -0.25) is 4.79 Å². The molecule has 1 fully saturated rings. The van der Waals surface area contributed by atoms with E-state index in [-0.39, 0.29) is 5.91 Å². The molecule has 124 valence electrons. The number of benzene rings is 1. The van der Waals surface area contributed by atoms with Gasteiger partial charge in [0.1, 0.15) is 5.82 Å². The second kappa shape index (κ2) is 5.93. The van der Waals surface area contributed by atoms with Gasteiger partial charge in [-0.15, -0.1) is 0 Å². The standard InChI is InChI=1S/C15H20N4O3S/c1-11-16-13-5-4-12(10-14(13)17-11)15(20)18-6-3-7-19(9-8-18)23(2,21)22/h4-5,10H,3,6-9H2,1-2H3,(H,16,17). The number of sulfonamides is 1. The minimum atomic E-state index is -3.21. The Morgan fingerprint density at radius 2 is 2.00 bits per heavy atom. The quantitative estimate of drug-likeness (QED) is 0.886. The fourth-order valence-electron chi connectivity index (χ4n) is 2.88. The molecule has 0 unspecified atom stereocenters. The Labute approximate surface area is 135 Å². The van der Waals surface area contributed by atoms with E-state index in [1.165, 1.54) is 10.6 Å². The molecule has 0 bridgehead atoms. The normalized spacial score (nSPS) is 17.4. The zero-order valence-electron chi connectivity index (χ0n) is 13.2. The lowest BCUT2D eigenvalue weighted by atomic mass is 10.1. The summed E-state index contributed by atoms with van der Waals surface area (Å²) in [5, 5.41) is 0. The smallest absolute Gasteiger partial charge is 0.253 e. The van der Waals surface area contributed by atoms with Crippen molar-refractivity contribution in [2.45, 2.75) is 13.3 Å². The molecule has 2 aromatic rings. The molecule has 2 heterocycles. The van der Waals surface area contributed by atoms with E-state index in [9.17, 15) is 13.2 Å². The average molecular weight is 336 g/mol. The first-order chi connectivity index (χ1) is 10.8. The number of aromatic amines is 1. The first-order valence-corrected chi connectivity index (χ1v) is 9.40. The summed E-state index contributed by atoms with van der Waals surface area (Å²) in [5.74, 6) is 0.734. The van der Waals surface area contributed by atoms with E-state index in [1.54, 1.807) is 17.0 Å². The number of fused-ring (bicyclic) bond motifs is 1. The maximum Gasteiger partial charge on any atom is 0.253 e. The van der Waals surface area contributed by atoms with Gasteiger partial charge in [0.15, 0.2) is 0 Å². The highest BCUT2D eigenvalue weighted by atomic mass is 32.2. The van der Waals surface area contributed by atoms with Crippen molar-refractivity contribution < 1.29 is 13.2 Å². The first-order valence-electron chi connectivity index (χ1n) is 7.55. The van der Waals surface area contributed by atoms with Crippen LogP contribution in [0.2, 0.25) is 0 Å². The SMILES string of the molecule is Cc1nc2ccc(C(=O)N3CCCN(S(C)(=O)=O)CC3)cc2[nH]1. The molecule has 3 rings (SSSR count). The fraction of sp³-hybridized carbons (Fsp3) is 0.467. The summed E-state index contributed by atoms with van der Waals surface area (Å²) in [5.41, 5.74) is 2.26. The van der Waals surface area contributed by atoms with Crippen molar-refractivity contribution in [3.63, 3.8) is 0 Å². The van der Waals surface area contributed by atoms with Crippen LogP contribution in [0.1, 0.15) is 22.6 Å². The zero-order valence-corrected chi connectivity index (χ0v) is 14.1.